The van der Waals surface area contributed by atoms with E-state index >= 15 is 0 Å². The molecule has 2 atom stereocenters. The molecule has 0 saturated heterocycles. The number of halogens is 2. The maximum Gasteiger partial charge on any atom is 0.126 e. The molecule has 0 spiro atoms. The summed E-state index contributed by atoms with van der Waals surface area (Å²) in [6.45, 7) is 2.27. The molecule has 0 nitrogen and oxygen atoms in total. The summed E-state index contributed by atoms with van der Waals surface area (Å²) in [5.74, 6) is 0.991. The summed E-state index contributed by atoms with van der Waals surface area (Å²) < 4.78 is 27.1. The smallest absolute Gasteiger partial charge is 0.126 e. The molecule has 1 aromatic carbocycles. The Hall–Kier alpha value is -1.44. The number of benzene rings is 1. The van der Waals surface area contributed by atoms with E-state index in [1.165, 1.54) is 44.2 Å². The first-order valence-corrected chi connectivity index (χ1v) is 8.48. The number of allylic oxidation sites excluding steroid dienone is 4. The molecule has 2 heteroatoms. The average Bonchev–Trinajstić information content (AvgIpc) is 2.54. The highest BCUT2D eigenvalue weighted by atomic mass is 19.1. The normalized spacial score (nSPS) is 31.4. The second kappa shape index (κ2) is 6.76. The van der Waals surface area contributed by atoms with E-state index < -0.39 is 11.6 Å². The van der Waals surface area contributed by atoms with Crippen LogP contribution in [0.4, 0.5) is 8.78 Å². The predicted molar refractivity (Wildman–Crippen MR) is 86.6 cm³/mol. The van der Waals surface area contributed by atoms with Crippen molar-refractivity contribution in [3.8, 4) is 0 Å². The van der Waals surface area contributed by atoms with Crippen LogP contribution in [0, 0.1) is 29.4 Å². The molecule has 22 heavy (non-hydrogen) atoms. The van der Waals surface area contributed by atoms with Gasteiger partial charge in [-0.1, -0.05) is 50.5 Å². The zero-order chi connectivity index (χ0) is 15.5. The van der Waals surface area contributed by atoms with Gasteiger partial charge in [0.1, 0.15) is 11.6 Å². The Morgan fingerprint density at radius 2 is 1.55 bits per heavy atom. The van der Waals surface area contributed by atoms with E-state index in [1.807, 2.05) is 6.08 Å². The lowest BCUT2D eigenvalue weighted by atomic mass is 9.68. The van der Waals surface area contributed by atoms with E-state index in [4.69, 9.17) is 0 Å². The van der Waals surface area contributed by atoms with Crippen LogP contribution in [-0.4, -0.2) is 0 Å². The quantitative estimate of drug-likeness (QED) is 0.641. The van der Waals surface area contributed by atoms with Gasteiger partial charge in [0.25, 0.3) is 0 Å². The van der Waals surface area contributed by atoms with Crippen LogP contribution in [0.1, 0.15) is 50.5 Å². The zero-order valence-corrected chi connectivity index (χ0v) is 13.1. The van der Waals surface area contributed by atoms with Gasteiger partial charge in [0.05, 0.1) is 0 Å². The number of hydrogen-bond acceptors (Lipinski definition) is 0. The molecule has 2 unspecified atom stereocenters. The molecule has 118 valence electrons. The van der Waals surface area contributed by atoms with Gasteiger partial charge < -0.3 is 0 Å². The fourth-order valence-corrected chi connectivity index (χ4v) is 4.16. The third-order valence-electron chi connectivity index (χ3n) is 5.46. The molecule has 0 aromatic heterocycles. The zero-order valence-electron chi connectivity index (χ0n) is 13.1. The van der Waals surface area contributed by atoms with Gasteiger partial charge in [0, 0.05) is 12.0 Å². The fraction of sp³-hybridized carbons (Fsp3) is 0.500. The highest BCUT2D eigenvalue weighted by Crippen LogP contribution is 2.43. The predicted octanol–water partition coefficient (Wildman–Crippen LogP) is 6.01. The lowest BCUT2D eigenvalue weighted by Crippen LogP contribution is -2.25. The average molecular weight is 302 g/mol. The van der Waals surface area contributed by atoms with Crippen molar-refractivity contribution in [3.63, 3.8) is 0 Å². The van der Waals surface area contributed by atoms with Gasteiger partial charge in [0.15, 0.2) is 0 Å². The van der Waals surface area contributed by atoms with Crippen molar-refractivity contribution in [2.45, 2.75) is 44.9 Å². The SMILES string of the molecule is CC[C@H]1CC[C@H](C2C=CC=CC2c2cc(F)cc(F)c2)CC1. The van der Waals surface area contributed by atoms with Crippen LogP contribution in [0.15, 0.2) is 42.5 Å². The second-order valence-corrected chi connectivity index (χ2v) is 6.76. The van der Waals surface area contributed by atoms with Crippen LogP contribution in [0.3, 0.4) is 0 Å². The summed E-state index contributed by atoms with van der Waals surface area (Å²) in [7, 11) is 0. The Morgan fingerprint density at radius 3 is 2.18 bits per heavy atom. The summed E-state index contributed by atoms with van der Waals surface area (Å²) in [6, 6.07) is 3.93. The van der Waals surface area contributed by atoms with Crippen molar-refractivity contribution in [2.24, 2.45) is 17.8 Å². The van der Waals surface area contributed by atoms with E-state index in [9.17, 15) is 8.78 Å². The van der Waals surface area contributed by atoms with Crippen molar-refractivity contribution in [1.29, 1.82) is 0 Å². The first-order valence-electron chi connectivity index (χ1n) is 8.48. The molecule has 1 saturated carbocycles. The summed E-state index contributed by atoms with van der Waals surface area (Å²) in [6.07, 6.45) is 14.7. The Morgan fingerprint density at radius 1 is 0.909 bits per heavy atom. The molecule has 0 heterocycles. The maximum absolute atomic E-state index is 13.6. The van der Waals surface area contributed by atoms with Crippen LogP contribution >= 0.6 is 0 Å². The highest BCUT2D eigenvalue weighted by molar-refractivity contribution is 5.32. The van der Waals surface area contributed by atoms with E-state index in [0.29, 0.717) is 11.8 Å². The Kier molecular flexibility index (Phi) is 4.75. The van der Waals surface area contributed by atoms with Crippen molar-refractivity contribution < 1.29 is 8.78 Å². The Bertz CT molecular complexity index is 545. The fourth-order valence-electron chi connectivity index (χ4n) is 4.16. The van der Waals surface area contributed by atoms with Crippen LogP contribution in [0.5, 0.6) is 0 Å². The molecule has 1 aromatic rings. The standard InChI is InChI=1S/C20H24F2/c1-2-14-7-9-15(10-8-14)19-5-3-4-6-20(19)16-11-17(21)13-18(22)12-16/h3-6,11-15,19-20H,2,7-10H2,1H3/t14-,15-,19?,20?. The van der Waals surface area contributed by atoms with Gasteiger partial charge in [-0.25, -0.2) is 8.78 Å². The molecule has 2 aliphatic carbocycles. The molecule has 0 N–H and O–H groups in total. The van der Waals surface area contributed by atoms with E-state index in [0.717, 1.165) is 17.5 Å². The Balaban J connectivity index is 1.80. The third-order valence-corrected chi connectivity index (χ3v) is 5.46. The van der Waals surface area contributed by atoms with Gasteiger partial charge in [-0.05, 0) is 48.3 Å². The Labute approximate surface area is 131 Å². The minimum absolute atomic E-state index is 0.0957. The summed E-state index contributed by atoms with van der Waals surface area (Å²) in [4.78, 5) is 0. The van der Waals surface area contributed by atoms with E-state index in [-0.39, 0.29) is 5.92 Å². The van der Waals surface area contributed by atoms with Gasteiger partial charge in [-0.15, -0.1) is 0 Å². The number of hydrogen-bond donors (Lipinski definition) is 0. The lowest BCUT2D eigenvalue weighted by molar-refractivity contribution is 0.215. The van der Waals surface area contributed by atoms with Gasteiger partial charge in [-0.2, -0.15) is 0 Å². The van der Waals surface area contributed by atoms with Crippen LogP contribution < -0.4 is 0 Å². The summed E-state index contributed by atoms with van der Waals surface area (Å²) >= 11 is 0. The second-order valence-electron chi connectivity index (χ2n) is 6.76. The van der Waals surface area contributed by atoms with Crippen molar-refractivity contribution >= 4 is 0 Å². The molecule has 0 bridgehead atoms. The lowest BCUT2D eigenvalue weighted by Gasteiger charge is -2.36. The van der Waals surface area contributed by atoms with Gasteiger partial charge in [0.2, 0.25) is 0 Å². The first-order chi connectivity index (χ1) is 10.7. The molecule has 2 aliphatic rings. The van der Waals surface area contributed by atoms with Gasteiger partial charge >= 0.3 is 0 Å². The summed E-state index contributed by atoms with van der Waals surface area (Å²) in [5, 5.41) is 0. The molecule has 0 aliphatic heterocycles. The van der Waals surface area contributed by atoms with Gasteiger partial charge in [-0.3, -0.25) is 0 Å². The minimum atomic E-state index is -0.480. The molecule has 3 rings (SSSR count). The molecule has 0 amide bonds. The van der Waals surface area contributed by atoms with Crippen LogP contribution in [-0.2, 0) is 0 Å². The van der Waals surface area contributed by atoms with Crippen LogP contribution in [0.25, 0.3) is 0 Å². The minimum Gasteiger partial charge on any atom is -0.207 e. The topological polar surface area (TPSA) is 0 Å². The molecule has 1 fully saturated rings. The van der Waals surface area contributed by atoms with Crippen molar-refractivity contribution in [1.82, 2.24) is 0 Å². The maximum atomic E-state index is 13.6. The van der Waals surface area contributed by atoms with Crippen LogP contribution in [0.2, 0.25) is 0 Å². The van der Waals surface area contributed by atoms with Crippen molar-refractivity contribution in [3.05, 3.63) is 59.7 Å². The highest BCUT2D eigenvalue weighted by Gasteiger charge is 2.31. The number of rotatable bonds is 3. The molecule has 0 radical (unpaired) electrons. The van der Waals surface area contributed by atoms with Crippen molar-refractivity contribution in [2.75, 3.05) is 0 Å². The summed E-state index contributed by atoms with van der Waals surface area (Å²) in [5.41, 5.74) is 0.765. The monoisotopic (exact) mass is 302 g/mol. The largest absolute Gasteiger partial charge is 0.207 e. The molecular weight excluding hydrogens is 278 g/mol. The van der Waals surface area contributed by atoms with E-state index in [1.54, 1.807) is 0 Å². The van der Waals surface area contributed by atoms with E-state index in [2.05, 4.69) is 25.2 Å². The first kappa shape index (κ1) is 15.5. The molecular formula is C20H24F2. The third kappa shape index (κ3) is 3.31.